The highest BCUT2D eigenvalue weighted by molar-refractivity contribution is 8.00. The zero-order valence-corrected chi connectivity index (χ0v) is 16.8. The first-order valence-electron chi connectivity index (χ1n) is 8.87. The Kier molecular flexibility index (Phi) is 6.56. The summed E-state index contributed by atoms with van der Waals surface area (Å²) >= 11 is 1.21. The quantitative estimate of drug-likeness (QED) is 0.352. The smallest absolute Gasteiger partial charge is 0.243 e. The normalized spacial score (nSPS) is 11.9. The van der Waals surface area contributed by atoms with Gasteiger partial charge in [0, 0.05) is 5.39 Å². The molecule has 0 fully saturated rings. The molecule has 0 aliphatic heterocycles. The summed E-state index contributed by atoms with van der Waals surface area (Å²) in [4.78, 5) is 33.0. The minimum atomic E-state index is -1.69. The van der Waals surface area contributed by atoms with Crippen LogP contribution in [0.15, 0.2) is 41.4 Å². The number of para-hydroxylation sites is 1. The Morgan fingerprint density at radius 1 is 1.07 bits per heavy atom. The van der Waals surface area contributed by atoms with E-state index < -0.39 is 46.7 Å². The SMILES string of the molecule is Cc1nc(SC(C)C(=O)NCC(=O)Nc2ccc(F)c(F)c2F)c2ccccc2n1. The number of nitrogens with zero attached hydrogens (tertiary/aromatic N) is 2. The average molecular weight is 434 g/mol. The molecule has 1 unspecified atom stereocenters. The summed E-state index contributed by atoms with van der Waals surface area (Å²) < 4.78 is 39.8. The third-order valence-corrected chi connectivity index (χ3v) is 5.17. The fourth-order valence-corrected chi connectivity index (χ4v) is 3.61. The maximum Gasteiger partial charge on any atom is 0.243 e. The Balaban J connectivity index is 1.60. The molecule has 1 aromatic heterocycles. The molecule has 1 atom stereocenters. The number of nitrogens with one attached hydrogen (secondary N) is 2. The number of halogens is 3. The van der Waals surface area contributed by atoms with Crippen molar-refractivity contribution >= 4 is 40.2 Å². The Labute approximate surface area is 174 Å². The van der Waals surface area contributed by atoms with Gasteiger partial charge in [-0.15, -0.1) is 0 Å². The lowest BCUT2D eigenvalue weighted by Crippen LogP contribution is -2.37. The first-order valence-corrected chi connectivity index (χ1v) is 9.75. The fourth-order valence-electron chi connectivity index (χ4n) is 2.60. The summed E-state index contributed by atoms with van der Waals surface area (Å²) in [5.41, 5.74) is 0.242. The van der Waals surface area contributed by atoms with Crippen LogP contribution in [0.25, 0.3) is 10.9 Å². The molecule has 30 heavy (non-hydrogen) atoms. The number of thioether (sulfide) groups is 1. The van der Waals surface area contributed by atoms with E-state index in [4.69, 9.17) is 0 Å². The number of fused-ring (bicyclic) bond motifs is 1. The summed E-state index contributed by atoms with van der Waals surface area (Å²) in [6, 6.07) is 8.99. The molecule has 2 N–H and O–H groups in total. The zero-order chi connectivity index (χ0) is 21.8. The van der Waals surface area contributed by atoms with E-state index in [-0.39, 0.29) is 0 Å². The summed E-state index contributed by atoms with van der Waals surface area (Å²) in [5.74, 6) is -5.22. The topological polar surface area (TPSA) is 84.0 Å². The number of aromatic nitrogens is 2. The van der Waals surface area contributed by atoms with Crippen molar-refractivity contribution in [1.82, 2.24) is 15.3 Å². The molecule has 0 aliphatic carbocycles. The maximum absolute atomic E-state index is 13.6. The van der Waals surface area contributed by atoms with E-state index in [0.29, 0.717) is 16.9 Å². The minimum absolute atomic E-state index is 0.443. The first-order chi connectivity index (χ1) is 14.3. The van der Waals surface area contributed by atoms with Crippen LogP contribution in [-0.4, -0.2) is 33.6 Å². The van der Waals surface area contributed by atoms with E-state index in [1.165, 1.54) is 11.8 Å². The third-order valence-electron chi connectivity index (χ3n) is 4.07. The second-order valence-corrected chi connectivity index (χ2v) is 7.67. The first kappa shape index (κ1) is 21.6. The van der Waals surface area contributed by atoms with Gasteiger partial charge in [0.2, 0.25) is 11.8 Å². The van der Waals surface area contributed by atoms with E-state index in [1.54, 1.807) is 13.8 Å². The monoisotopic (exact) mass is 434 g/mol. The number of carbonyl (C=O) groups excluding carboxylic acids is 2. The van der Waals surface area contributed by atoms with Crippen molar-refractivity contribution in [3.63, 3.8) is 0 Å². The number of carbonyl (C=O) groups is 2. The number of benzene rings is 2. The minimum Gasteiger partial charge on any atom is -0.346 e. The molecule has 2 aromatic carbocycles. The van der Waals surface area contributed by atoms with Crippen LogP contribution in [0.2, 0.25) is 0 Å². The summed E-state index contributed by atoms with van der Waals surface area (Å²) in [5, 5.41) is 5.37. The number of hydrogen-bond donors (Lipinski definition) is 2. The van der Waals surface area contributed by atoms with Gasteiger partial charge < -0.3 is 10.6 Å². The maximum atomic E-state index is 13.6. The van der Waals surface area contributed by atoms with Crippen molar-refractivity contribution in [2.75, 3.05) is 11.9 Å². The molecule has 0 radical (unpaired) electrons. The van der Waals surface area contributed by atoms with Gasteiger partial charge in [-0.1, -0.05) is 30.0 Å². The van der Waals surface area contributed by atoms with Crippen molar-refractivity contribution in [3.8, 4) is 0 Å². The van der Waals surface area contributed by atoms with Crippen molar-refractivity contribution in [2.24, 2.45) is 0 Å². The van der Waals surface area contributed by atoms with Crippen molar-refractivity contribution in [2.45, 2.75) is 24.1 Å². The van der Waals surface area contributed by atoms with Gasteiger partial charge in [-0.3, -0.25) is 9.59 Å². The van der Waals surface area contributed by atoms with Gasteiger partial charge in [-0.25, -0.2) is 23.1 Å². The molecule has 3 rings (SSSR count). The van der Waals surface area contributed by atoms with Crippen LogP contribution in [0.5, 0.6) is 0 Å². The van der Waals surface area contributed by atoms with Crippen LogP contribution < -0.4 is 10.6 Å². The molecule has 6 nitrogen and oxygen atoms in total. The van der Waals surface area contributed by atoms with Gasteiger partial charge >= 0.3 is 0 Å². The summed E-state index contributed by atoms with van der Waals surface area (Å²) in [7, 11) is 0. The third kappa shape index (κ3) is 4.88. The molecule has 156 valence electrons. The van der Waals surface area contributed by atoms with Crippen molar-refractivity contribution in [1.29, 1.82) is 0 Å². The fraction of sp³-hybridized carbons (Fsp3) is 0.200. The highest BCUT2D eigenvalue weighted by Gasteiger charge is 2.19. The van der Waals surface area contributed by atoms with Crippen LogP contribution in [0.3, 0.4) is 0 Å². The Hall–Kier alpha value is -3.14. The standard InChI is InChI=1S/C20H17F3N4O2S/c1-10(30-20-12-5-3-4-6-14(12)25-11(2)26-20)19(29)24-9-16(28)27-15-8-7-13(21)17(22)18(15)23/h3-8,10H,9H2,1-2H3,(H,24,29)(H,27,28). The van der Waals surface area contributed by atoms with Gasteiger partial charge in [0.05, 0.1) is 23.0 Å². The summed E-state index contributed by atoms with van der Waals surface area (Å²) in [6.07, 6.45) is 0. The van der Waals surface area contributed by atoms with Crippen LogP contribution in [0.1, 0.15) is 12.7 Å². The predicted octanol–water partition coefficient (Wildman–Crippen LogP) is 3.59. The molecule has 0 spiro atoms. The number of aryl methyl sites for hydroxylation is 1. The van der Waals surface area contributed by atoms with E-state index >= 15 is 0 Å². The van der Waals surface area contributed by atoms with Crippen molar-refractivity contribution < 1.29 is 22.8 Å². The molecule has 10 heteroatoms. The van der Waals surface area contributed by atoms with Crippen molar-refractivity contribution in [3.05, 3.63) is 59.7 Å². The van der Waals surface area contributed by atoms with Gasteiger partial charge in [-0.2, -0.15) is 0 Å². The van der Waals surface area contributed by atoms with Gasteiger partial charge in [-0.05, 0) is 32.0 Å². The number of amides is 2. The average Bonchev–Trinajstić information content (AvgIpc) is 2.72. The lowest BCUT2D eigenvalue weighted by Gasteiger charge is -2.13. The molecule has 0 saturated heterocycles. The van der Waals surface area contributed by atoms with Gasteiger partial charge in [0.25, 0.3) is 0 Å². The second-order valence-electron chi connectivity index (χ2n) is 6.34. The Bertz CT molecular complexity index is 1130. The van der Waals surface area contributed by atoms with Crippen LogP contribution in [-0.2, 0) is 9.59 Å². The molecule has 1 heterocycles. The van der Waals surface area contributed by atoms with Crippen LogP contribution >= 0.6 is 11.8 Å². The highest BCUT2D eigenvalue weighted by Crippen LogP contribution is 2.28. The van der Waals surface area contributed by atoms with E-state index in [2.05, 4.69) is 20.6 Å². The Morgan fingerprint density at radius 2 is 1.80 bits per heavy atom. The van der Waals surface area contributed by atoms with Gasteiger partial charge in [0.1, 0.15) is 10.9 Å². The zero-order valence-electron chi connectivity index (χ0n) is 16.0. The molecule has 3 aromatic rings. The molecular weight excluding hydrogens is 417 g/mol. The van der Waals surface area contributed by atoms with E-state index in [1.807, 2.05) is 24.3 Å². The second kappa shape index (κ2) is 9.12. The van der Waals surface area contributed by atoms with Crippen LogP contribution in [0, 0.1) is 24.4 Å². The van der Waals surface area contributed by atoms with Crippen LogP contribution in [0.4, 0.5) is 18.9 Å². The highest BCUT2D eigenvalue weighted by atomic mass is 32.2. The molecule has 2 amide bonds. The molecular formula is C20H17F3N4O2S. The Morgan fingerprint density at radius 3 is 2.57 bits per heavy atom. The van der Waals surface area contributed by atoms with E-state index in [9.17, 15) is 22.8 Å². The lowest BCUT2D eigenvalue weighted by molar-refractivity contribution is -0.123. The predicted molar refractivity (Wildman–Crippen MR) is 108 cm³/mol. The van der Waals surface area contributed by atoms with Gasteiger partial charge in [0.15, 0.2) is 17.5 Å². The number of anilines is 1. The molecule has 0 aliphatic rings. The number of hydrogen-bond acceptors (Lipinski definition) is 5. The number of rotatable bonds is 6. The summed E-state index contributed by atoms with van der Waals surface area (Å²) in [6.45, 7) is 2.94. The molecule has 0 bridgehead atoms. The largest absolute Gasteiger partial charge is 0.346 e. The molecule has 0 saturated carbocycles. The van der Waals surface area contributed by atoms with E-state index in [0.717, 1.165) is 17.0 Å². The lowest BCUT2D eigenvalue weighted by atomic mass is 10.2.